The fraction of sp³-hybridized carbons (Fsp3) is 0.333. The molecule has 0 aliphatic heterocycles. The molecule has 1 rings (SSSR count). The number of amides is 2. The van der Waals surface area contributed by atoms with Gasteiger partial charge in [0.05, 0.1) is 6.26 Å². The van der Waals surface area contributed by atoms with E-state index >= 15 is 0 Å². The van der Waals surface area contributed by atoms with Crippen molar-refractivity contribution in [3.8, 4) is 0 Å². The number of nitrogens with one attached hydrogen (secondary N) is 2. The third-order valence-electron chi connectivity index (χ3n) is 1.52. The van der Waals surface area contributed by atoms with Gasteiger partial charge in [-0.15, -0.1) is 0 Å². The van der Waals surface area contributed by atoms with Gasteiger partial charge in [0.1, 0.15) is 5.76 Å². The Morgan fingerprint density at radius 1 is 1.29 bits per heavy atom. The molecule has 1 heterocycles. The fourth-order valence-corrected chi connectivity index (χ4v) is 1.04. The van der Waals surface area contributed by atoms with Crippen molar-refractivity contribution in [3.05, 3.63) is 24.2 Å². The second-order valence-electron chi connectivity index (χ2n) is 2.85. The van der Waals surface area contributed by atoms with Gasteiger partial charge in [0.2, 0.25) is 11.8 Å². The second kappa shape index (κ2) is 4.45. The van der Waals surface area contributed by atoms with E-state index in [1.807, 2.05) is 0 Å². The summed E-state index contributed by atoms with van der Waals surface area (Å²) < 4.78 is 5.07. The lowest BCUT2D eigenvalue weighted by Crippen LogP contribution is -2.38. The molecule has 0 aliphatic rings. The van der Waals surface area contributed by atoms with Crippen LogP contribution in [-0.2, 0) is 9.59 Å². The number of carbonyl (C=O) groups is 2. The lowest BCUT2D eigenvalue weighted by molar-refractivity contribution is -0.122. The van der Waals surface area contributed by atoms with E-state index in [0.29, 0.717) is 5.76 Å². The molecule has 2 amide bonds. The van der Waals surface area contributed by atoms with Gasteiger partial charge in [-0.2, -0.15) is 0 Å². The van der Waals surface area contributed by atoms with E-state index in [1.54, 1.807) is 12.1 Å². The zero-order chi connectivity index (χ0) is 10.6. The van der Waals surface area contributed by atoms with Gasteiger partial charge in [-0.3, -0.25) is 9.59 Å². The summed E-state index contributed by atoms with van der Waals surface area (Å²) in [5, 5.41) is 5.10. The molecular formula is C9H12N2O3. The Balaban J connectivity index is 2.71. The van der Waals surface area contributed by atoms with Crippen LogP contribution in [0.5, 0.6) is 0 Å². The average molecular weight is 196 g/mol. The quantitative estimate of drug-likeness (QED) is 0.693. The molecule has 0 spiro atoms. The molecular weight excluding hydrogens is 184 g/mol. The summed E-state index contributed by atoms with van der Waals surface area (Å²) in [5.41, 5.74) is 0. The highest BCUT2D eigenvalue weighted by molar-refractivity contribution is 5.76. The molecule has 14 heavy (non-hydrogen) atoms. The number of carbonyl (C=O) groups excluding carboxylic acids is 2. The van der Waals surface area contributed by atoms with Gasteiger partial charge in [-0.25, -0.2) is 0 Å². The highest BCUT2D eigenvalue weighted by Crippen LogP contribution is 2.09. The highest BCUT2D eigenvalue weighted by atomic mass is 16.3. The lowest BCUT2D eigenvalue weighted by Gasteiger charge is -2.15. The summed E-state index contributed by atoms with van der Waals surface area (Å²) >= 11 is 0. The smallest absolute Gasteiger partial charge is 0.218 e. The maximum Gasteiger partial charge on any atom is 0.218 e. The van der Waals surface area contributed by atoms with E-state index in [2.05, 4.69) is 10.6 Å². The summed E-state index contributed by atoms with van der Waals surface area (Å²) in [6.45, 7) is 2.75. The Bertz CT molecular complexity index is 303. The minimum Gasteiger partial charge on any atom is -0.465 e. The third kappa shape index (κ3) is 2.93. The van der Waals surface area contributed by atoms with Crippen molar-refractivity contribution in [1.29, 1.82) is 0 Å². The molecule has 0 saturated carbocycles. The van der Waals surface area contributed by atoms with Crippen molar-refractivity contribution < 1.29 is 14.0 Å². The second-order valence-corrected chi connectivity index (χ2v) is 2.85. The zero-order valence-corrected chi connectivity index (χ0v) is 8.03. The monoisotopic (exact) mass is 196 g/mol. The number of hydrogen-bond donors (Lipinski definition) is 2. The van der Waals surface area contributed by atoms with Crippen LogP contribution in [0.1, 0.15) is 25.8 Å². The lowest BCUT2D eigenvalue weighted by atomic mass is 10.3. The van der Waals surface area contributed by atoms with Crippen LogP contribution in [0.2, 0.25) is 0 Å². The molecule has 1 aromatic heterocycles. The first-order valence-corrected chi connectivity index (χ1v) is 4.17. The van der Waals surface area contributed by atoms with Crippen molar-refractivity contribution >= 4 is 11.8 Å². The SMILES string of the molecule is CC(=O)NC(NC(C)=O)c1ccco1. The van der Waals surface area contributed by atoms with Crippen molar-refractivity contribution in [2.45, 2.75) is 20.0 Å². The predicted octanol–water partition coefficient (Wildman–Crippen LogP) is 0.550. The van der Waals surface area contributed by atoms with Crippen LogP contribution < -0.4 is 10.6 Å². The van der Waals surface area contributed by atoms with Gasteiger partial charge in [-0.05, 0) is 12.1 Å². The average Bonchev–Trinajstić information content (AvgIpc) is 2.52. The summed E-state index contributed by atoms with van der Waals surface area (Å²) in [6, 6.07) is 3.36. The molecule has 0 unspecified atom stereocenters. The van der Waals surface area contributed by atoms with Crippen LogP contribution in [-0.4, -0.2) is 11.8 Å². The molecule has 0 fully saturated rings. The molecule has 0 radical (unpaired) electrons. The van der Waals surface area contributed by atoms with Crippen LogP contribution in [0.25, 0.3) is 0 Å². The standard InChI is InChI=1S/C9H12N2O3/c1-6(12)10-9(11-7(2)13)8-4-3-5-14-8/h3-5,9H,1-2H3,(H,10,12)(H,11,13). The Labute approximate surface area is 81.5 Å². The zero-order valence-electron chi connectivity index (χ0n) is 8.03. The molecule has 5 heteroatoms. The Morgan fingerprint density at radius 3 is 2.21 bits per heavy atom. The van der Waals surface area contributed by atoms with Crippen molar-refractivity contribution in [2.24, 2.45) is 0 Å². The molecule has 1 aromatic rings. The largest absolute Gasteiger partial charge is 0.465 e. The maximum absolute atomic E-state index is 10.8. The molecule has 0 aromatic carbocycles. The minimum absolute atomic E-state index is 0.236. The van der Waals surface area contributed by atoms with E-state index in [0.717, 1.165) is 0 Å². The molecule has 2 N–H and O–H groups in total. The normalized spacial score (nSPS) is 9.93. The topological polar surface area (TPSA) is 71.3 Å². The molecule has 5 nitrogen and oxygen atoms in total. The minimum atomic E-state index is -0.597. The van der Waals surface area contributed by atoms with Crippen molar-refractivity contribution in [1.82, 2.24) is 10.6 Å². The van der Waals surface area contributed by atoms with E-state index < -0.39 is 6.17 Å². The first kappa shape index (κ1) is 10.3. The van der Waals surface area contributed by atoms with Crippen LogP contribution >= 0.6 is 0 Å². The van der Waals surface area contributed by atoms with Gasteiger partial charge in [0.15, 0.2) is 6.17 Å². The Morgan fingerprint density at radius 2 is 1.86 bits per heavy atom. The number of furan rings is 1. The summed E-state index contributed by atoms with van der Waals surface area (Å²) in [7, 11) is 0. The molecule has 76 valence electrons. The maximum atomic E-state index is 10.8. The van der Waals surface area contributed by atoms with Gasteiger partial charge < -0.3 is 15.1 Å². The summed E-state index contributed by atoms with van der Waals surface area (Å²) in [4.78, 5) is 21.7. The first-order chi connectivity index (χ1) is 6.59. The predicted molar refractivity (Wildman–Crippen MR) is 49.1 cm³/mol. The van der Waals surface area contributed by atoms with Crippen molar-refractivity contribution in [2.75, 3.05) is 0 Å². The van der Waals surface area contributed by atoms with Crippen LogP contribution in [0.3, 0.4) is 0 Å². The number of hydrogen-bond acceptors (Lipinski definition) is 3. The first-order valence-electron chi connectivity index (χ1n) is 4.17. The molecule has 0 aliphatic carbocycles. The van der Waals surface area contributed by atoms with E-state index in [-0.39, 0.29) is 11.8 Å². The molecule has 0 bridgehead atoms. The number of rotatable bonds is 3. The van der Waals surface area contributed by atoms with Crippen molar-refractivity contribution in [3.63, 3.8) is 0 Å². The fourth-order valence-electron chi connectivity index (χ4n) is 1.04. The van der Waals surface area contributed by atoms with Gasteiger partial charge in [0, 0.05) is 13.8 Å². The highest BCUT2D eigenvalue weighted by Gasteiger charge is 2.15. The van der Waals surface area contributed by atoms with Gasteiger partial charge in [-0.1, -0.05) is 0 Å². The van der Waals surface area contributed by atoms with Gasteiger partial charge in [0.25, 0.3) is 0 Å². The van der Waals surface area contributed by atoms with E-state index in [1.165, 1.54) is 20.1 Å². The van der Waals surface area contributed by atoms with E-state index in [4.69, 9.17) is 4.42 Å². The van der Waals surface area contributed by atoms with Crippen LogP contribution in [0.15, 0.2) is 22.8 Å². The van der Waals surface area contributed by atoms with Crippen LogP contribution in [0.4, 0.5) is 0 Å². The molecule has 0 atom stereocenters. The van der Waals surface area contributed by atoms with E-state index in [9.17, 15) is 9.59 Å². The Kier molecular flexibility index (Phi) is 3.28. The molecule has 0 saturated heterocycles. The van der Waals surface area contributed by atoms with Gasteiger partial charge >= 0.3 is 0 Å². The Hall–Kier alpha value is -1.78. The summed E-state index contributed by atoms with van der Waals surface area (Å²) in [6.07, 6.45) is 0.881. The summed E-state index contributed by atoms with van der Waals surface area (Å²) in [5.74, 6) is 0.0238. The third-order valence-corrected chi connectivity index (χ3v) is 1.52. The van der Waals surface area contributed by atoms with Crippen LogP contribution in [0, 0.1) is 0 Å².